The maximum Gasteiger partial charge on any atom is 0.0322 e. The van der Waals surface area contributed by atoms with Crippen LogP contribution >= 0.6 is 15.9 Å². The Morgan fingerprint density at radius 3 is 2.47 bits per heavy atom. The molecule has 0 fully saturated rings. The average molecular weight is 270 g/mol. The molecule has 1 aromatic rings. The van der Waals surface area contributed by atoms with Gasteiger partial charge in [-0.05, 0) is 49.6 Å². The topological polar surface area (TPSA) is 12.0 Å². The molecule has 1 N–H and O–H groups in total. The highest BCUT2D eigenvalue weighted by Crippen LogP contribution is 2.25. The van der Waals surface area contributed by atoms with Crippen LogP contribution in [-0.4, -0.2) is 7.05 Å². The number of benzene rings is 1. The first kappa shape index (κ1) is 12.7. The van der Waals surface area contributed by atoms with Crippen LogP contribution in [0.1, 0.15) is 37.4 Å². The van der Waals surface area contributed by atoms with Crippen LogP contribution in [0.2, 0.25) is 0 Å². The molecule has 15 heavy (non-hydrogen) atoms. The van der Waals surface area contributed by atoms with E-state index in [1.165, 1.54) is 17.5 Å². The number of halogens is 1. The van der Waals surface area contributed by atoms with Gasteiger partial charge in [0.05, 0.1) is 0 Å². The summed E-state index contributed by atoms with van der Waals surface area (Å²) in [6, 6.07) is 6.98. The summed E-state index contributed by atoms with van der Waals surface area (Å²) in [5.74, 6) is 0.713. The lowest BCUT2D eigenvalue weighted by Gasteiger charge is -2.20. The number of rotatable bonds is 4. The predicted molar refractivity (Wildman–Crippen MR) is 70.1 cm³/mol. The highest BCUT2D eigenvalue weighted by Gasteiger charge is 2.13. The Morgan fingerprint density at radius 2 is 2.00 bits per heavy atom. The van der Waals surface area contributed by atoms with E-state index < -0.39 is 0 Å². The molecule has 0 bridgehead atoms. The van der Waals surface area contributed by atoms with Crippen LogP contribution in [0.4, 0.5) is 0 Å². The van der Waals surface area contributed by atoms with Crippen LogP contribution < -0.4 is 5.32 Å². The summed E-state index contributed by atoms with van der Waals surface area (Å²) in [7, 11) is 2.04. The van der Waals surface area contributed by atoms with E-state index in [0.717, 1.165) is 4.47 Å². The van der Waals surface area contributed by atoms with Crippen molar-refractivity contribution in [2.24, 2.45) is 5.92 Å². The molecule has 0 saturated heterocycles. The van der Waals surface area contributed by atoms with Crippen molar-refractivity contribution < 1.29 is 0 Å². The third kappa shape index (κ3) is 3.62. The van der Waals surface area contributed by atoms with Gasteiger partial charge in [-0.1, -0.05) is 35.8 Å². The van der Waals surface area contributed by atoms with Crippen LogP contribution in [-0.2, 0) is 0 Å². The van der Waals surface area contributed by atoms with Gasteiger partial charge in [-0.25, -0.2) is 0 Å². The van der Waals surface area contributed by atoms with Gasteiger partial charge in [-0.2, -0.15) is 0 Å². The van der Waals surface area contributed by atoms with Gasteiger partial charge in [-0.3, -0.25) is 0 Å². The first-order chi connectivity index (χ1) is 7.04. The standard InChI is InChI=1S/C13H20BrN/c1-9(2)7-13(15-4)12-6-5-11(14)8-10(12)3/h5-6,8-9,13,15H,7H2,1-4H3. The maximum atomic E-state index is 3.50. The number of aryl methyl sites for hydroxylation is 1. The minimum atomic E-state index is 0.470. The van der Waals surface area contributed by atoms with Gasteiger partial charge in [-0.15, -0.1) is 0 Å². The summed E-state index contributed by atoms with van der Waals surface area (Å²) >= 11 is 3.50. The third-order valence-electron chi connectivity index (χ3n) is 2.66. The van der Waals surface area contributed by atoms with Crippen LogP contribution in [0, 0.1) is 12.8 Å². The zero-order valence-corrected chi connectivity index (χ0v) is 11.6. The fourth-order valence-corrected chi connectivity index (χ4v) is 2.38. The van der Waals surface area contributed by atoms with Crippen molar-refractivity contribution in [2.75, 3.05) is 7.05 Å². The molecule has 2 heteroatoms. The van der Waals surface area contributed by atoms with Crippen LogP contribution in [0.15, 0.2) is 22.7 Å². The van der Waals surface area contributed by atoms with Crippen molar-refractivity contribution in [3.8, 4) is 0 Å². The second-order valence-corrected chi connectivity index (χ2v) is 5.39. The fourth-order valence-electron chi connectivity index (χ4n) is 1.90. The molecular weight excluding hydrogens is 250 g/mol. The lowest BCUT2D eigenvalue weighted by atomic mass is 9.94. The first-order valence-electron chi connectivity index (χ1n) is 5.48. The first-order valence-corrected chi connectivity index (χ1v) is 6.27. The van der Waals surface area contributed by atoms with Gasteiger partial charge in [0.15, 0.2) is 0 Å². The van der Waals surface area contributed by atoms with E-state index >= 15 is 0 Å². The zero-order valence-electron chi connectivity index (χ0n) is 9.97. The van der Waals surface area contributed by atoms with E-state index in [1.54, 1.807) is 0 Å². The summed E-state index contributed by atoms with van der Waals surface area (Å²) in [5, 5.41) is 3.39. The molecule has 1 rings (SSSR count). The maximum absolute atomic E-state index is 3.50. The Morgan fingerprint density at radius 1 is 1.33 bits per heavy atom. The molecule has 0 radical (unpaired) electrons. The molecule has 0 aromatic heterocycles. The van der Waals surface area contributed by atoms with Crippen molar-refractivity contribution in [3.63, 3.8) is 0 Å². The molecule has 0 aliphatic rings. The molecule has 0 saturated carbocycles. The largest absolute Gasteiger partial charge is 0.313 e. The summed E-state index contributed by atoms with van der Waals surface area (Å²) in [5.41, 5.74) is 2.76. The zero-order chi connectivity index (χ0) is 11.4. The smallest absolute Gasteiger partial charge is 0.0322 e. The monoisotopic (exact) mass is 269 g/mol. The van der Waals surface area contributed by atoms with Crippen molar-refractivity contribution in [2.45, 2.75) is 33.2 Å². The second kappa shape index (κ2) is 5.66. The molecule has 84 valence electrons. The van der Waals surface area contributed by atoms with Crippen molar-refractivity contribution in [1.82, 2.24) is 5.32 Å². The van der Waals surface area contributed by atoms with E-state index in [0.29, 0.717) is 12.0 Å². The second-order valence-electron chi connectivity index (χ2n) is 4.47. The number of nitrogens with one attached hydrogen (secondary N) is 1. The quantitative estimate of drug-likeness (QED) is 0.869. The van der Waals surface area contributed by atoms with Gasteiger partial charge in [0, 0.05) is 10.5 Å². The predicted octanol–water partition coefficient (Wildman–Crippen LogP) is 4.06. The SMILES string of the molecule is CNC(CC(C)C)c1ccc(Br)cc1C. The Hall–Kier alpha value is -0.340. The minimum absolute atomic E-state index is 0.470. The molecule has 1 atom stereocenters. The summed E-state index contributed by atoms with van der Waals surface area (Å²) in [6.07, 6.45) is 1.18. The van der Waals surface area contributed by atoms with E-state index in [-0.39, 0.29) is 0 Å². The highest BCUT2D eigenvalue weighted by molar-refractivity contribution is 9.10. The average Bonchev–Trinajstić information content (AvgIpc) is 2.14. The molecule has 0 spiro atoms. The molecule has 0 aliphatic carbocycles. The Labute approximate surface area is 101 Å². The van der Waals surface area contributed by atoms with Gasteiger partial charge in [0.25, 0.3) is 0 Å². The number of hydrogen-bond donors (Lipinski definition) is 1. The Bertz CT molecular complexity index is 320. The van der Waals surface area contributed by atoms with E-state index in [2.05, 4.69) is 60.2 Å². The molecule has 1 aromatic carbocycles. The van der Waals surface area contributed by atoms with Gasteiger partial charge < -0.3 is 5.32 Å². The van der Waals surface area contributed by atoms with E-state index in [1.807, 2.05) is 7.05 Å². The van der Waals surface area contributed by atoms with Crippen LogP contribution in [0.3, 0.4) is 0 Å². The molecule has 0 aliphatic heterocycles. The Kier molecular flexibility index (Phi) is 4.81. The van der Waals surface area contributed by atoms with Crippen molar-refractivity contribution in [1.29, 1.82) is 0 Å². The minimum Gasteiger partial charge on any atom is -0.313 e. The highest BCUT2D eigenvalue weighted by atomic mass is 79.9. The molecular formula is C13H20BrN. The van der Waals surface area contributed by atoms with Crippen LogP contribution in [0.25, 0.3) is 0 Å². The number of hydrogen-bond acceptors (Lipinski definition) is 1. The Balaban J connectivity index is 2.91. The van der Waals surface area contributed by atoms with Gasteiger partial charge in [0.1, 0.15) is 0 Å². The van der Waals surface area contributed by atoms with E-state index in [9.17, 15) is 0 Å². The lowest BCUT2D eigenvalue weighted by molar-refractivity contribution is 0.455. The molecule has 1 unspecified atom stereocenters. The van der Waals surface area contributed by atoms with Crippen molar-refractivity contribution >= 4 is 15.9 Å². The third-order valence-corrected chi connectivity index (χ3v) is 3.16. The van der Waals surface area contributed by atoms with Gasteiger partial charge in [0.2, 0.25) is 0 Å². The normalized spacial score (nSPS) is 13.2. The summed E-state index contributed by atoms with van der Waals surface area (Å²) < 4.78 is 1.16. The lowest BCUT2D eigenvalue weighted by Crippen LogP contribution is -2.19. The fraction of sp³-hybridized carbons (Fsp3) is 0.538. The molecule has 0 amide bonds. The van der Waals surface area contributed by atoms with E-state index in [4.69, 9.17) is 0 Å². The summed E-state index contributed by atoms with van der Waals surface area (Å²) in [4.78, 5) is 0. The molecule has 0 heterocycles. The van der Waals surface area contributed by atoms with Crippen molar-refractivity contribution in [3.05, 3.63) is 33.8 Å². The molecule has 1 nitrogen and oxygen atoms in total. The van der Waals surface area contributed by atoms with Gasteiger partial charge >= 0.3 is 0 Å². The van der Waals surface area contributed by atoms with Crippen LogP contribution in [0.5, 0.6) is 0 Å². The summed E-state index contributed by atoms with van der Waals surface area (Å²) in [6.45, 7) is 6.70.